The van der Waals surface area contributed by atoms with Gasteiger partial charge in [0.15, 0.2) is 0 Å². The molecule has 0 aromatic carbocycles. The Kier molecular flexibility index (Phi) is 19.6. The topological polar surface area (TPSA) is 17.1 Å². The highest BCUT2D eigenvalue weighted by atomic mass is 32.1. The fourth-order valence-electron chi connectivity index (χ4n) is 2.99. The van der Waals surface area contributed by atoms with Gasteiger partial charge >= 0.3 is 0 Å². The van der Waals surface area contributed by atoms with E-state index < -0.39 is 0 Å². The monoisotopic (exact) mass is 340 g/mol. The Balaban J connectivity index is 3.01. The molecule has 0 N–H and O–H groups in total. The van der Waals surface area contributed by atoms with Crippen LogP contribution in [0.2, 0.25) is 0 Å². The van der Waals surface area contributed by atoms with E-state index in [2.05, 4.69) is 19.6 Å². The van der Waals surface area contributed by atoms with E-state index in [4.69, 9.17) is 0 Å². The highest BCUT2D eigenvalue weighted by Crippen LogP contribution is 2.14. The first-order valence-electron chi connectivity index (χ1n) is 10.2. The van der Waals surface area contributed by atoms with Crippen LogP contribution in [0.3, 0.4) is 0 Å². The highest BCUT2D eigenvalue weighted by Gasteiger charge is 1.94. The van der Waals surface area contributed by atoms with E-state index in [1.165, 1.54) is 103 Å². The molecular formula is C21H40OS. The second-order valence-electron chi connectivity index (χ2n) is 6.83. The van der Waals surface area contributed by atoms with Crippen LogP contribution in [0.1, 0.15) is 116 Å². The number of rotatable bonds is 18. The summed E-state index contributed by atoms with van der Waals surface area (Å²) in [5, 5.41) is -0.138. The molecule has 0 aromatic rings. The van der Waals surface area contributed by atoms with Crippen LogP contribution in [0.4, 0.5) is 0 Å². The molecule has 136 valence electrons. The molecule has 0 atom stereocenters. The predicted molar refractivity (Wildman–Crippen MR) is 107 cm³/mol. The summed E-state index contributed by atoms with van der Waals surface area (Å²) in [5.41, 5.74) is 0. The summed E-state index contributed by atoms with van der Waals surface area (Å²) in [6.45, 7) is 2.28. The average Bonchev–Trinajstić information content (AvgIpc) is 2.53. The van der Waals surface area contributed by atoms with Crippen LogP contribution in [0, 0.1) is 0 Å². The second kappa shape index (κ2) is 19.8. The van der Waals surface area contributed by atoms with Gasteiger partial charge < -0.3 is 0 Å². The van der Waals surface area contributed by atoms with Gasteiger partial charge in [-0.05, 0) is 18.9 Å². The molecule has 0 fully saturated rings. The van der Waals surface area contributed by atoms with Crippen molar-refractivity contribution in [2.45, 2.75) is 116 Å². The number of thiol groups is 1. The minimum atomic E-state index is -0.138. The van der Waals surface area contributed by atoms with Crippen molar-refractivity contribution in [3.8, 4) is 0 Å². The summed E-state index contributed by atoms with van der Waals surface area (Å²) < 4.78 is 0. The number of allylic oxidation sites excluding steroid dienone is 1. The molecule has 0 aliphatic rings. The maximum absolute atomic E-state index is 10.6. The number of carbonyl (C=O) groups is 1. The number of unbranched alkanes of at least 4 members (excludes halogenated alkanes) is 16. The predicted octanol–water partition coefficient (Wildman–Crippen LogP) is 7.65. The van der Waals surface area contributed by atoms with Gasteiger partial charge in [-0.1, -0.05) is 109 Å². The molecule has 0 spiro atoms. The van der Waals surface area contributed by atoms with Crippen LogP contribution in [-0.2, 0) is 4.79 Å². The third-order valence-corrected chi connectivity index (χ3v) is 4.63. The Morgan fingerprint density at radius 2 is 1.00 bits per heavy atom. The van der Waals surface area contributed by atoms with Crippen LogP contribution in [-0.4, -0.2) is 5.12 Å². The first-order valence-corrected chi connectivity index (χ1v) is 10.6. The summed E-state index contributed by atoms with van der Waals surface area (Å²) in [7, 11) is 0. The van der Waals surface area contributed by atoms with E-state index in [1.807, 2.05) is 6.08 Å². The molecule has 0 amide bonds. The number of hydrogen-bond donors (Lipinski definition) is 1. The maximum atomic E-state index is 10.6. The summed E-state index contributed by atoms with van der Waals surface area (Å²) in [5.74, 6) is 0. The highest BCUT2D eigenvalue weighted by molar-refractivity contribution is 7.97. The van der Waals surface area contributed by atoms with Gasteiger partial charge in [0, 0.05) is 0 Å². The van der Waals surface area contributed by atoms with Gasteiger partial charge in [0.2, 0.25) is 5.12 Å². The Hall–Kier alpha value is -0.240. The van der Waals surface area contributed by atoms with E-state index in [9.17, 15) is 4.79 Å². The Morgan fingerprint density at radius 1 is 0.652 bits per heavy atom. The molecule has 0 aliphatic heterocycles. The third kappa shape index (κ3) is 21.8. The van der Waals surface area contributed by atoms with Gasteiger partial charge in [-0.3, -0.25) is 4.79 Å². The van der Waals surface area contributed by atoms with Crippen molar-refractivity contribution in [2.75, 3.05) is 0 Å². The summed E-state index contributed by atoms with van der Waals surface area (Å²) in [6.07, 6.45) is 26.9. The van der Waals surface area contributed by atoms with Crippen molar-refractivity contribution in [1.82, 2.24) is 0 Å². The fourth-order valence-corrected chi connectivity index (χ4v) is 3.10. The lowest BCUT2D eigenvalue weighted by molar-refractivity contribution is -0.106. The van der Waals surface area contributed by atoms with Crippen molar-refractivity contribution in [3.63, 3.8) is 0 Å². The van der Waals surface area contributed by atoms with E-state index in [1.54, 1.807) is 6.08 Å². The van der Waals surface area contributed by atoms with E-state index in [0.717, 1.165) is 6.42 Å². The van der Waals surface area contributed by atoms with Gasteiger partial charge in [0.1, 0.15) is 0 Å². The molecule has 0 bridgehead atoms. The minimum Gasteiger partial charge on any atom is -0.283 e. The van der Waals surface area contributed by atoms with E-state index >= 15 is 0 Å². The molecule has 23 heavy (non-hydrogen) atoms. The maximum Gasteiger partial charge on any atom is 0.208 e. The molecule has 0 saturated carbocycles. The largest absolute Gasteiger partial charge is 0.283 e. The van der Waals surface area contributed by atoms with Crippen molar-refractivity contribution in [3.05, 3.63) is 12.2 Å². The van der Waals surface area contributed by atoms with Gasteiger partial charge in [-0.25, -0.2) is 0 Å². The lowest BCUT2D eigenvalue weighted by Gasteiger charge is -2.03. The summed E-state index contributed by atoms with van der Waals surface area (Å²) in [6, 6.07) is 0. The molecule has 0 rings (SSSR count). The lowest BCUT2D eigenvalue weighted by Crippen LogP contribution is -1.83. The average molecular weight is 341 g/mol. The molecule has 0 aromatic heterocycles. The minimum absolute atomic E-state index is 0.138. The zero-order valence-electron chi connectivity index (χ0n) is 15.5. The van der Waals surface area contributed by atoms with E-state index in [0.29, 0.717) is 0 Å². The van der Waals surface area contributed by atoms with Gasteiger partial charge in [0.25, 0.3) is 0 Å². The van der Waals surface area contributed by atoms with Crippen molar-refractivity contribution >= 4 is 17.7 Å². The van der Waals surface area contributed by atoms with Crippen molar-refractivity contribution in [2.24, 2.45) is 0 Å². The van der Waals surface area contributed by atoms with Crippen molar-refractivity contribution < 1.29 is 4.79 Å². The molecule has 0 radical (unpaired) electrons. The fraction of sp³-hybridized carbons (Fsp3) is 0.857. The smallest absolute Gasteiger partial charge is 0.208 e. The zero-order valence-corrected chi connectivity index (χ0v) is 16.4. The van der Waals surface area contributed by atoms with Gasteiger partial charge in [0.05, 0.1) is 0 Å². The quantitative estimate of drug-likeness (QED) is 0.154. The summed E-state index contributed by atoms with van der Waals surface area (Å²) >= 11 is 3.71. The second-order valence-corrected chi connectivity index (χ2v) is 7.27. The molecule has 0 heterocycles. The standard InChI is InChI=1S/C21H40OS/c1-2-3-4-5-6-7-8-9-10-11-12-13-14-15-16-17-18-19-20-21(22)23/h19-20H,2-18H2,1H3,(H,22,23). The van der Waals surface area contributed by atoms with Crippen molar-refractivity contribution in [1.29, 1.82) is 0 Å². The Labute approximate surface area is 151 Å². The van der Waals surface area contributed by atoms with Crippen LogP contribution < -0.4 is 0 Å². The Bertz CT molecular complexity index is 273. The first kappa shape index (κ1) is 22.8. The summed E-state index contributed by atoms with van der Waals surface area (Å²) in [4.78, 5) is 10.6. The number of carbonyl (C=O) groups excluding carboxylic acids is 1. The van der Waals surface area contributed by atoms with Gasteiger partial charge in [-0.15, -0.1) is 12.6 Å². The van der Waals surface area contributed by atoms with Gasteiger partial charge in [-0.2, -0.15) is 0 Å². The third-order valence-electron chi connectivity index (χ3n) is 4.48. The van der Waals surface area contributed by atoms with E-state index in [-0.39, 0.29) is 5.12 Å². The normalized spacial score (nSPS) is 11.4. The van der Waals surface area contributed by atoms with Crippen LogP contribution in [0.15, 0.2) is 12.2 Å². The molecular weight excluding hydrogens is 300 g/mol. The first-order chi connectivity index (χ1) is 11.3. The van der Waals surface area contributed by atoms with Crippen LogP contribution >= 0.6 is 12.6 Å². The SMILES string of the molecule is CCCCCCCCCCCCCCCCCCC=CC(=O)S. The molecule has 1 nitrogen and oxygen atoms in total. The molecule has 0 saturated heterocycles. The Morgan fingerprint density at radius 3 is 1.35 bits per heavy atom. The molecule has 0 unspecified atom stereocenters. The molecule has 2 heteroatoms. The molecule has 0 aliphatic carbocycles. The zero-order chi connectivity index (χ0) is 17.0. The van der Waals surface area contributed by atoms with Crippen LogP contribution in [0.25, 0.3) is 0 Å². The number of hydrogen-bond acceptors (Lipinski definition) is 1. The lowest BCUT2D eigenvalue weighted by atomic mass is 10.0. The van der Waals surface area contributed by atoms with Crippen LogP contribution in [0.5, 0.6) is 0 Å².